The van der Waals surface area contributed by atoms with Gasteiger partial charge in [-0.05, 0) is 6.42 Å². The fraction of sp³-hybridized carbons (Fsp3) is 0.833. The maximum absolute atomic E-state index is 5.18. The molecule has 0 saturated carbocycles. The van der Waals surface area contributed by atoms with Crippen molar-refractivity contribution in [3.63, 3.8) is 0 Å². The number of hydrazine groups is 1. The molecule has 1 unspecified atom stereocenters. The molecule has 1 atom stereocenters. The number of nitrogens with two attached hydrogens (primary N) is 1. The zero-order valence-corrected chi connectivity index (χ0v) is 6.63. The molecular weight excluding hydrogens is 144 g/mol. The fourth-order valence-corrected chi connectivity index (χ4v) is 1.01. The van der Waals surface area contributed by atoms with Gasteiger partial charge in [0.05, 0.1) is 12.6 Å². The molecule has 64 valence electrons. The maximum Gasteiger partial charge on any atom is 0.205 e. The monoisotopic (exact) mass is 158 g/mol. The summed E-state index contributed by atoms with van der Waals surface area (Å²) < 4.78 is 5.16. The second kappa shape index (κ2) is 4.15. The Labute approximate surface area is 66.0 Å². The van der Waals surface area contributed by atoms with Crippen molar-refractivity contribution in [2.75, 3.05) is 20.3 Å². The molecule has 5 heteroatoms. The van der Waals surface area contributed by atoms with Gasteiger partial charge in [0, 0.05) is 13.7 Å². The molecular formula is C6H14N4O. The predicted octanol–water partition coefficient (Wildman–Crippen LogP) is -1.19. The Morgan fingerprint density at radius 2 is 2.55 bits per heavy atom. The van der Waals surface area contributed by atoms with E-state index in [2.05, 4.69) is 15.7 Å². The minimum absolute atomic E-state index is 0.352. The molecule has 4 N–H and O–H groups in total. The third-order valence-corrected chi connectivity index (χ3v) is 1.63. The number of aliphatic imine (C=N–C) groups is 1. The molecule has 0 radical (unpaired) electrons. The lowest BCUT2D eigenvalue weighted by atomic mass is 10.3. The predicted molar refractivity (Wildman–Crippen MR) is 43.0 cm³/mol. The lowest BCUT2D eigenvalue weighted by Gasteiger charge is -2.12. The molecule has 1 saturated heterocycles. The molecule has 5 nitrogen and oxygen atoms in total. The van der Waals surface area contributed by atoms with Crippen molar-refractivity contribution >= 4 is 5.96 Å². The van der Waals surface area contributed by atoms with Gasteiger partial charge in [0.2, 0.25) is 5.96 Å². The van der Waals surface area contributed by atoms with Crippen LogP contribution < -0.4 is 16.6 Å². The van der Waals surface area contributed by atoms with E-state index in [9.17, 15) is 0 Å². The van der Waals surface area contributed by atoms with Crippen LogP contribution in [0.15, 0.2) is 4.99 Å². The molecule has 0 aromatic carbocycles. The molecule has 0 spiro atoms. The average Bonchev–Trinajstić information content (AvgIpc) is 2.52. The first-order valence-electron chi connectivity index (χ1n) is 3.64. The van der Waals surface area contributed by atoms with Crippen LogP contribution in [-0.4, -0.2) is 32.3 Å². The summed E-state index contributed by atoms with van der Waals surface area (Å²) in [6.07, 6.45) is 1.01. The highest BCUT2D eigenvalue weighted by molar-refractivity contribution is 5.79. The summed E-state index contributed by atoms with van der Waals surface area (Å²) in [6.45, 7) is 1.56. The summed E-state index contributed by atoms with van der Waals surface area (Å²) in [5, 5.41) is 3.10. The van der Waals surface area contributed by atoms with Crippen LogP contribution in [0, 0.1) is 0 Å². The summed E-state index contributed by atoms with van der Waals surface area (Å²) >= 11 is 0. The van der Waals surface area contributed by atoms with Crippen LogP contribution in [0.3, 0.4) is 0 Å². The van der Waals surface area contributed by atoms with Crippen molar-refractivity contribution in [2.45, 2.75) is 12.5 Å². The van der Waals surface area contributed by atoms with E-state index < -0.39 is 0 Å². The van der Waals surface area contributed by atoms with Crippen molar-refractivity contribution in [2.24, 2.45) is 10.8 Å². The summed E-state index contributed by atoms with van der Waals surface area (Å²) in [7, 11) is 1.68. The van der Waals surface area contributed by atoms with E-state index in [1.165, 1.54) is 0 Å². The van der Waals surface area contributed by atoms with Gasteiger partial charge < -0.3 is 10.1 Å². The molecule has 0 aromatic heterocycles. The minimum atomic E-state index is 0.352. The summed E-state index contributed by atoms with van der Waals surface area (Å²) in [6, 6.07) is 0.352. The first-order valence-corrected chi connectivity index (χ1v) is 3.64. The van der Waals surface area contributed by atoms with E-state index >= 15 is 0 Å². The van der Waals surface area contributed by atoms with E-state index in [-0.39, 0.29) is 0 Å². The number of hydrogen-bond acceptors (Lipinski definition) is 3. The molecule has 1 heterocycles. The zero-order valence-electron chi connectivity index (χ0n) is 6.63. The lowest BCUT2D eigenvalue weighted by molar-refractivity contribution is 0.192. The van der Waals surface area contributed by atoms with Crippen molar-refractivity contribution < 1.29 is 4.74 Å². The smallest absolute Gasteiger partial charge is 0.205 e. The Bertz CT molecular complexity index is 142. The van der Waals surface area contributed by atoms with Crippen molar-refractivity contribution in [3.8, 4) is 0 Å². The Morgan fingerprint density at radius 3 is 3.00 bits per heavy atom. The normalized spacial score (nSPS) is 25.3. The number of nitrogens with one attached hydrogen (secondary N) is 2. The molecule has 0 bridgehead atoms. The quantitative estimate of drug-likeness (QED) is 0.194. The molecule has 1 aliphatic rings. The van der Waals surface area contributed by atoms with Crippen LogP contribution in [0.1, 0.15) is 6.42 Å². The van der Waals surface area contributed by atoms with E-state index in [0.717, 1.165) is 19.6 Å². The number of ether oxygens (including phenoxy) is 1. The second-order valence-corrected chi connectivity index (χ2v) is 2.42. The van der Waals surface area contributed by atoms with E-state index in [1.807, 2.05) is 0 Å². The molecule has 0 aromatic rings. The van der Waals surface area contributed by atoms with Gasteiger partial charge in [-0.15, -0.1) is 0 Å². The van der Waals surface area contributed by atoms with Gasteiger partial charge in [-0.2, -0.15) is 0 Å². The van der Waals surface area contributed by atoms with Crippen LogP contribution in [0.5, 0.6) is 0 Å². The molecule has 1 rings (SSSR count). The topological polar surface area (TPSA) is 71.7 Å². The van der Waals surface area contributed by atoms with Gasteiger partial charge >= 0.3 is 0 Å². The fourth-order valence-electron chi connectivity index (χ4n) is 1.01. The van der Waals surface area contributed by atoms with Gasteiger partial charge in [0.1, 0.15) is 0 Å². The number of hydrogen-bond donors (Lipinski definition) is 3. The van der Waals surface area contributed by atoms with Crippen LogP contribution in [0.2, 0.25) is 0 Å². The molecule has 1 fully saturated rings. The summed E-state index contributed by atoms with van der Waals surface area (Å²) in [5.74, 6) is 5.79. The third-order valence-electron chi connectivity index (χ3n) is 1.63. The van der Waals surface area contributed by atoms with Gasteiger partial charge in [0.25, 0.3) is 0 Å². The van der Waals surface area contributed by atoms with Crippen molar-refractivity contribution in [3.05, 3.63) is 0 Å². The first kappa shape index (κ1) is 8.29. The number of guanidine groups is 1. The van der Waals surface area contributed by atoms with Crippen molar-refractivity contribution in [1.29, 1.82) is 0 Å². The highest BCUT2D eigenvalue weighted by atomic mass is 16.5. The van der Waals surface area contributed by atoms with E-state index in [4.69, 9.17) is 10.6 Å². The Hall–Kier alpha value is -0.810. The van der Waals surface area contributed by atoms with E-state index in [1.54, 1.807) is 7.05 Å². The molecule has 0 aliphatic carbocycles. The van der Waals surface area contributed by atoms with Crippen LogP contribution in [-0.2, 0) is 4.74 Å². The highest BCUT2D eigenvalue weighted by Crippen LogP contribution is 2.02. The maximum atomic E-state index is 5.18. The van der Waals surface area contributed by atoms with Gasteiger partial charge in [-0.25, -0.2) is 5.84 Å². The highest BCUT2D eigenvalue weighted by Gasteiger charge is 2.15. The number of nitrogens with zero attached hydrogens (tertiary/aromatic N) is 1. The Kier molecular flexibility index (Phi) is 3.13. The zero-order chi connectivity index (χ0) is 8.10. The minimum Gasteiger partial charge on any atom is -0.379 e. The molecule has 11 heavy (non-hydrogen) atoms. The van der Waals surface area contributed by atoms with Crippen LogP contribution >= 0.6 is 0 Å². The SMILES string of the molecule is CN=C(NN)NC1CCOC1. The Morgan fingerprint density at radius 1 is 1.73 bits per heavy atom. The largest absolute Gasteiger partial charge is 0.379 e. The van der Waals surface area contributed by atoms with Crippen LogP contribution in [0.25, 0.3) is 0 Å². The van der Waals surface area contributed by atoms with Gasteiger partial charge in [-0.1, -0.05) is 0 Å². The standard InChI is InChI=1S/C6H14N4O/c1-8-6(10-7)9-5-2-3-11-4-5/h5H,2-4,7H2,1H3,(H2,8,9,10). The molecule has 0 amide bonds. The third kappa shape index (κ3) is 2.36. The molecule has 1 aliphatic heterocycles. The van der Waals surface area contributed by atoms with E-state index in [0.29, 0.717) is 12.0 Å². The first-order chi connectivity index (χ1) is 5.36. The van der Waals surface area contributed by atoms with Crippen molar-refractivity contribution in [1.82, 2.24) is 10.7 Å². The summed E-state index contributed by atoms with van der Waals surface area (Å²) in [5.41, 5.74) is 2.46. The second-order valence-electron chi connectivity index (χ2n) is 2.42. The average molecular weight is 158 g/mol. The summed E-state index contributed by atoms with van der Waals surface area (Å²) in [4.78, 5) is 3.88. The lowest BCUT2D eigenvalue weighted by Crippen LogP contribution is -2.46. The van der Waals surface area contributed by atoms with Crippen LogP contribution in [0.4, 0.5) is 0 Å². The number of rotatable bonds is 1. The Balaban J connectivity index is 2.27. The van der Waals surface area contributed by atoms with Gasteiger partial charge in [0.15, 0.2) is 0 Å². The van der Waals surface area contributed by atoms with Gasteiger partial charge in [-0.3, -0.25) is 10.4 Å².